The Morgan fingerprint density at radius 1 is 1.05 bits per heavy atom. The lowest BCUT2D eigenvalue weighted by Gasteiger charge is -2.11. The topological polar surface area (TPSA) is 63.2 Å². The lowest BCUT2D eigenvalue weighted by atomic mass is 10.1. The molecule has 0 saturated carbocycles. The Hall–Kier alpha value is -2.14. The molecule has 0 unspecified atom stereocenters. The summed E-state index contributed by atoms with van der Waals surface area (Å²) in [6, 6.07) is 13.2. The highest BCUT2D eigenvalue weighted by Crippen LogP contribution is 2.20. The molecule has 0 aromatic heterocycles. The number of aryl methyl sites for hydroxylation is 1. The number of benzene rings is 2. The van der Waals surface area contributed by atoms with Crippen LogP contribution in [0.25, 0.3) is 0 Å². The highest BCUT2D eigenvalue weighted by Gasteiger charge is 2.15. The zero-order chi connectivity index (χ0) is 15.5. The minimum absolute atomic E-state index is 0.0942. The fourth-order valence-corrected chi connectivity index (χ4v) is 3.10. The maximum Gasteiger partial charge on any atom is 0.261 e. The maximum atomic E-state index is 12.4. The Morgan fingerprint density at radius 3 is 2.24 bits per heavy atom. The van der Waals surface area contributed by atoms with Gasteiger partial charge >= 0.3 is 0 Å². The normalized spacial score (nSPS) is 11.1. The molecule has 110 valence electrons. The zero-order valence-electron chi connectivity index (χ0n) is 12.0. The number of nitrogens with one attached hydrogen (secondary N) is 1. The van der Waals surface area contributed by atoms with E-state index in [-0.39, 0.29) is 10.7 Å². The first kappa shape index (κ1) is 15.3. The molecule has 2 rings (SSSR count). The van der Waals surface area contributed by atoms with Crippen LogP contribution in [0.4, 0.5) is 5.69 Å². The van der Waals surface area contributed by atoms with E-state index in [4.69, 9.17) is 0 Å². The molecule has 0 aliphatic heterocycles. The number of Topliss-reactive ketones (excluding diaryl/α,β-unsaturated/α-hetero) is 1. The number of hydrogen-bond acceptors (Lipinski definition) is 3. The van der Waals surface area contributed by atoms with Crippen molar-refractivity contribution in [3.63, 3.8) is 0 Å². The molecule has 0 radical (unpaired) electrons. The van der Waals surface area contributed by atoms with E-state index in [1.807, 2.05) is 19.1 Å². The minimum Gasteiger partial charge on any atom is -0.295 e. The Morgan fingerprint density at radius 2 is 1.67 bits per heavy atom. The number of sulfonamides is 1. The number of hydrogen-bond donors (Lipinski definition) is 1. The second-order valence-corrected chi connectivity index (χ2v) is 6.38. The van der Waals surface area contributed by atoms with E-state index in [9.17, 15) is 13.2 Å². The first-order valence-electron chi connectivity index (χ1n) is 6.66. The van der Waals surface area contributed by atoms with Crippen molar-refractivity contribution in [3.8, 4) is 0 Å². The lowest BCUT2D eigenvalue weighted by Crippen LogP contribution is -2.14. The molecular formula is C16H17NO3S. The quantitative estimate of drug-likeness (QED) is 0.862. The molecule has 5 heteroatoms. The summed E-state index contributed by atoms with van der Waals surface area (Å²) < 4.78 is 27.3. The number of carbonyl (C=O) groups excluding carboxylic acids is 1. The highest BCUT2D eigenvalue weighted by atomic mass is 32.2. The highest BCUT2D eigenvalue weighted by molar-refractivity contribution is 7.92. The van der Waals surface area contributed by atoms with Crippen LogP contribution in [0.2, 0.25) is 0 Å². The van der Waals surface area contributed by atoms with Gasteiger partial charge < -0.3 is 0 Å². The van der Waals surface area contributed by atoms with Crippen molar-refractivity contribution in [3.05, 3.63) is 59.7 Å². The standard InChI is InChI=1S/C16H17NO3S/c1-3-13-6-4-5-7-16(13)17-21(19,20)15-10-8-14(9-11-15)12(2)18/h4-11,17H,3H2,1-2H3. The Balaban J connectivity index is 2.32. The third-order valence-electron chi connectivity index (χ3n) is 3.21. The molecule has 0 bridgehead atoms. The van der Waals surface area contributed by atoms with Crippen LogP contribution in [0.15, 0.2) is 53.4 Å². The Labute approximate surface area is 124 Å². The van der Waals surface area contributed by atoms with Gasteiger partial charge in [0.25, 0.3) is 10.0 Å². The minimum atomic E-state index is -3.65. The molecule has 1 N–H and O–H groups in total. The van der Waals surface area contributed by atoms with Gasteiger partial charge in [-0.3, -0.25) is 9.52 Å². The molecular weight excluding hydrogens is 286 g/mol. The summed E-state index contributed by atoms with van der Waals surface area (Å²) >= 11 is 0. The van der Waals surface area contributed by atoms with E-state index in [1.54, 1.807) is 12.1 Å². The summed E-state index contributed by atoms with van der Waals surface area (Å²) in [4.78, 5) is 11.4. The van der Waals surface area contributed by atoms with E-state index in [0.717, 1.165) is 12.0 Å². The van der Waals surface area contributed by atoms with Crippen molar-refractivity contribution in [2.45, 2.75) is 25.2 Å². The molecule has 0 aliphatic rings. The molecule has 0 spiro atoms. The molecule has 2 aromatic rings. The van der Waals surface area contributed by atoms with E-state index >= 15 is 0 Å². The summed E-state index contributed by atoms with van der Waals surface area (Å²) in [7, 11) is -3.65. The van der Waals surface area contributed by atoms with Crippen molar-refractivity contribution in [2.24, 2.45) is 0 Å². The molecule has 2 aromatic carbocycles. The molecule has 0 heterocycles. The average Bonchev–Trinajstić information content (AvgIpc) is 2.47. The van der Waals surface area contributed by atoms with Crippen molar-refractivity contribution in [2.75, 3.05) is 4.72 Å². The number of carbonyl (C=O) groups is 1. The second-order valence-electron chi connectivity index (χ2n) is 4.70. The van der Waals surface area contributed by atoms with Crippen LogP contribution in [0.1, 0.15) is 29.8 Å². The Bertz CT molecular complexity index is 749. The van der Waals surface area contributed by atoms with E-state index in [0.29, 0.717) is 11.3 Å². The summed E-state index contributed by atoms with van der Waals surface area (Å²) in [6.45, 7) is 3.41. The summed E-state index contributed by atoms with van der Waals surface area (Å²) in [5, 5.41) is 0. The molecule has 0 saturated heterocycles. The monoisotopic (exact) mass is 303 g/mol. The van der Waals surface area contributed by atoms with Gasteiger partial charge in [-0.1, -0.05) is 37.3 Å². The van der Waals surface area contributed by atoms with Crippen molar-refractivity contribution < 1.29 is 13.2 Å². The molecule has 0 fully saturated rings. The van der Waals surface area contributed by atoms with Gasteiger partial charge in [-0.15, -0.1) is 0 Å². The number of anilines is 1. The van der Waals surface area contributed by atoms with Gasteiger partial charge in [0.05, 0.1) is 10.6 Å². The van der Waals surface area contributed by atoms with Gasteiger partial charge in [-0.2, -0.15) is 0 Å². The van der Waals surface area contributed by atoms with Crippen molar-refractivity contribution in [1.29, 1.82) is 0 Å². The number of para-hydroxylation sites is 1. The summed E-state index contributed by atoms with van der Waals surface area (Å²) in [5.41, 5.74) is 2.00. The largest absolute Gasteiger partial charge is 0.295 e. The van der Waals surface area contributed by atoms with Crippen LogP contribution in [0.5, 0.6) is 0 Å². The van der Waals surface area contributed by atoms with Gasteiger partial charge in [-0.25, -0.2) is 8.42 Å². The molecule has 4 nitrogen and oxygen atoms in total. The van der Waals surface area contributed by atoms with Gasteiger partial charge in [0.15, 0.2) is 5.78 Å². The molecule has 0 amide bonds. The zero-order valence-corrected chi connectivity index (χ0v) is 12.8. The third kappa shape index (κ3) is 3.49. The van der Waals surface area contributed by atoms with Crippen LogP contribution < -0.4 is 4.72 Å². The second kappa shape index (κ2) is 6.10. The van der Waals surface area contributed by atoms with E-state index in [2.05, 4.69) is 4.72 Å². The molecule has 0 aliphatic carbocycles. The predicted octanol–water partition coefficient (Wildman–Crippen LogP) is 3.25. The Kier molecular flexibility index (Phi) is 4.43. The van der Waals surface area contributed by atoms with Crippen LogP contribution in [-0.2, 0) is 16.4 Å². The lowest BCUT2D eigenvalue weighted by molar-refractivity contribution is 0.101. The fourth-order valence-electron chi connectivity index (χ4n) is 2.00. The van der Waals surface area contributed by atoms with Crippen LogP contribution in [0, 0.1) is 0 Å². The van der Waals surface area contributed by atoms with Crippen LogP contribution >= 0.6 is 0 Å². The fraction of sp³-hybridized carbons (Fsp3) is 0.188. The van der Waals surface area contributed by atoms with Gasteiger partial charge in [0.2, 0.25) is 0 Å². The summed E-state index contributed by atoms with van der Waals surface area (Å²) in [6.07, 6.45) is 0.738. The molecule has 0 atom stereocenters. The van der Waals surface area contributed by atoms with Gasteiger partial charge in [0.1, 0.15) is 0 Å². The average molecular weight is 303 g/mol. The third-order valence-corrected chi connectivity index (χ3v) is 4.60. The van der Waals surface area contributed by atoms with E-state index < -0.39 is 10.0 Å². The van der Waals surface area contributed by atoms with Crippen molar-refractivity contribution >= 4 is 21.5 Å². The first-order chi connectivity index (χ1) is 9.94. The van der Waals surface area contributed by atoms with Crippen LogP contribution in [-0.4, -0.2) is 14.2 Å². The number of rotatable bonds is 5. The smallest absolute Gasteiger partial charge is 0.261 e. The molecule has 21 heavy (non-hydrogen) atoms. The predicted molar refractivity (Wildman–Crippen MR) is 83.1 cm³/mol. The SMILES string of the molecule is CCc1ccccc1NS(=O)(=O)c1ccc(C(C)=O)cc1. The maximum absolute atomic E-state index is 12.4. The first-order valence-corrected chi connectivity index (χ1v) is 8.14. The summed E-state index contributed by atoms with van der Waals surface area (Å²) in [5.74, 6) is -0.0942. The van der Waals surface area contributed by atoms with Crippen LogP contribution in [0.3, 0.4) is 0 Å². The van der Waals surface area contributed by atoms with E-state index in [1.165, 1.54) is 31.2 Å². The number of ketones is 1. The van der Waals surface area contributed by atoms with Crippen molar-refractivity contribution in [1.82, 2.24) is 0 Å². The van der Waals surface area contributed by atoms with Gasteiger partial charge in [0, 0.05) is 5.56 Å². The van der Waals surface area contributed by atoms with Gasteiger partial charge in [-0.05, 0) is 37.1 Å².